The summed E-state index contributed by atoms with van der Waals surface area (Å²) >= 11 is 0. The fraction of sp³-hybridized carbons (Fsp3) is 0.562. The van der Waals surface area contributed by atoms with E-state index in [0.717, 1.165) is 5.56 Å². The molecule has 1 aliphatic carbocycles. The third-order valence-corrected chi connectivity index (χ3v) is 4.02. The Kier molecular flexibility index (Phi) is 4.97. The number of aliphatic hydroxyl groups excluding tert-OH is 1. The number of hydrogen-bond acceptors (Lipinski definition) is 3. The van der Waals surface area contributed by atoms with Crippen LogP contribution in [0.2, 0.25) is 0 Å². The molecular weight excluding hydrogens is 240 g/mol. The Labute approximate surface area is 114 Å². The Morgan fingerprint density at radius 2 is 1.84 bits per heavy atom. The predicted molar refractivity (Wildman–Crippen MR) is 71.5 cm³/mol. The number of hydrogen-bond donors (Lipinski definition) is 1. The smallest absolute Gasteiger partial charge is 0.0793 e. The maximum atomic E-state index is 10.4. The molecule has 2 rings (SSSR count). The number of carboxylic acid groups (broad SMARTS) is 1. The van der Waals surface area contributed by atoms with Gasteiger partial charge in [0.2, 0.25) is 0 Å². The fourth-order valence-corrected chi connectivity index (χ4v) is 2.85. The van der Waals surface area contributed by atoms with Gasteiger partial charge in [0, 0.05) is 5.97 Å². The average molecular weight is 261 g/mol. The van der Waals surface area contributed by atoms with Crippen molar-refractivity contribution in [2.75, 3.05) is 0 Å². The van der Waals surface area contributed by atoms with E-state index >= 15 is 0 Å². The zero-order chi connectivity index (χ0) is 13.7. The van der Waals surface area contributed by atoms with Gasteiger partial charge in [-0.2, -0.15) is 0 Å². The van der Waals surface area contributed by atoms with Gasteiger partial charge in [-0.15, -0.1) is 0 Å². The molecule has 0 radical (unpaired) electrons. The number of carbonyl (C=O) groups is 1. The predicted octanol–water partition coefficient (Wildman–Crippen LogP) is 2.30. The molecule has 0 heterocycles. The summed E-state index contributed by atoms with van der Waals surface area (Å²) in [6, 6.07) is 7.99. The van der Waals surface area contributed by atoms with Gasteiger partial charge in [-0.25, -0.2) is 0 Å². The molecule has 1 fully saturated rings. The van der Waals surface area contributed by atoms with E-state index in [9.17, 15) is 15.0 Å². The van der Waals surface area contributed by atoms with Crippen molar-refractivity contribution < 1.29 is 15.0 Å². The highest BCUT2D eigenvalue weighted by atomic mass is 16.4. The SMILES string of the molecule is O=C([O-])CCC(O)c1ccc(C2CCCCC2)cc1. The van der Waals surface area contributed by atoms with E-state index in [4.69, 9.17) is 0 Å². The lowest BCUT2D eigenvalue weighted by Crippen LogP contribution is -2.22. The van der Waals surface area contributed by atoms with Crippen molar-refractivity contribution in [2.45, 2.75) is 57.0 Å². The second kappa shape index (κ2) is 6.71. The van der Waals surface area contributed by atoms with E-state index in [-0.39, 0.29) is 12.8 Å². The maximum Gasteiger partial charge on any atom is 0.0793 e. The summed E-state index contributed by atoms with van der Waals surface area (Å²) in [5, 5.41) is 20.3. The van der Waals surface area contributed by atoms with Gasteiger partial charge in [0.15, 0.2) is 0 Å². The van der Waals surface area contributed by atoms with E-state index in [1.165, 1.54) is 37.7 Å². The second-order valence-corrected chi connectivity index (χ2v) is 5.43. The van der Waals surface area contributed by atoms with Gasteiger partial charge in [0.1, 0.15) is 0 Å². The molecule has 0 bridgehead atoms. The summed E-state index contributed by atoms with van der Waals surface area (Å²) in [5.41, 5.74) is 2.14. The van der Waals surface area contributed by atoms with E-state index in [1.807, 2.05) is 12.1 Å². The van der Waals surface area contributed by atoms with Gasteiger partial charge in [0.05, 0.1) is 6.10 Å². The standard InChI is InChI=1S/C16H22O3/c17-15(10-11-16(18)19)14-8-6-13(7-9-14)12-4-2-1-3-5-12/h6-9,12,15,17H,1-5,10-11H2,(H,18,19)/p-1. The highest BCUT2D eigenvalue weighted by molar-refractivity contribution is 5.64. The molecule has 1 aromatic carbocycles. The molecule has 3 nitrogen and oxygen atoms in total. The number of carbonyl (C=O) groups excluding carboxylic acids is 1. The summed E-state index contributed by atoms with van der Waals surface area (Å²) in [7, 11) is 0. The highest BCUT2D eigenvalue weighted by Gasteiger charge is 2.16. The number of carboxylic acids is 1. The normalized spacial score (nSPS) is 18.2. The molecule has 19 heavy (non-hydrogen) atoms. The summed E-state index contributed by atoms with van der Waals surface area (Å²) in [6.07, 6.45) is 5.87. The minimum Gasteiger partial charge on any atom is -0.550 e. The quantitative estimate of drug-likeness (QED) is 0.884. The minimum atomic E-state index is -1.11. The van der Waals surface area contributed by atoms with Crippen molar-refractivity contribution in [3.05, 3.63) is 35.4 Å². The third-order valence-electron chi connectivity index (χ3n) is 4.02. The van der Waals surface area contributed by atoms with Crippen molar-refractivity contribution in [1.29, 1.82) is 0 Å². The first-order chi connectivity index (χ1) is 9.16. The Balaban J connectivity index is 1.95. The van der Waals surface area contributed by atoms with Crippen molar-refractivity contribution in [3.63, 3.8) is 0 Å². The van der Waals surface area contributed by atoms with Crippen LogP contribution in [0.15, 0.2) is 24.3 Å². The molecule has 1 atom stereocenters. The summed E-state index contributed by atoms with van der Waals surface area (Å²) in [4.78, 5) is 10.4. The lowest BCUT2D eigenvalue weighted by atomic mass is 9.83. The van der Waals surface area contributed by atoms with Crippen molar-refractivity contribution in [1.82, 2.24) is 0 Å². The third kappa shape index (κ3) is 4.06. The van der Waals surface area contributed by atoms with Crippen molar-refractivity contribution in [3.8, 4) is 0 Å². The van der Waals surface area contributed by atoms with Crippen LogP contribution in [0.3, 0.4) is 0 Å². The average Bonchev–Trinajstić information content (AvgIpc) is 2.46. The molecule has 1 aliphatic rings. The molecule has 104 valence electrons. The summed E-state index contributed by atoms with van der Waals surface area (Å²) in [6.45, 7) is 0. The largest absolute Gasteiger partial charge is 0.550 e. The summed E-state index contributed by atoms with van der Waals surface area (Å²) in [5.74, 6) is -0.457. The number of aliphatic hydroxyl groups is 1. The number of aliphatic carboxylic acids is 1. The molecular formula is C16H21O3-. The van der Waals surface area contributed by atoms with Gasteiger partial charge in [-0.05, 0) is 42.7 Å². The lowest BCUT2D eigenvalue weighted by Gasteiger charge is -2.22. The van der Waals surface area contributed by atoms with Crippen LogP contribution in [0, 0.1) is 0 Å². The molecule has 0 amide bonds. The van der Waals surface area contributed by atoms with Crippen LogP contribution in [-0.4, -0.2) is 11.1 Å². The van der Waals surface area contributed by atoms with Crippen molar-refractivity contribution >= 4 is 5.97 Å². The van der Waals surface area contributed by atoms with Crippen LogP contribution in [0.25, 0.3) is 0 Å². The monoisotopic (exact) mass is 261 g/mol. The molecule has 0 spiro atoms. The van der Waals surface area contributed by atoms with Crippen LogP contribution < -0.4 is 5.11 Å². The topological polar surface area (TPSA) is 60.4 Å². The first kappa shape index (κ1) is 14.1. The maximum absolute atomic E-state index is 10.4. The van der Waals surface area contributed by atoms with E-state index in [2.05, 4.69) is 12.1 Å². The zero-order valence-corrected chi connectivity index (χ0v) is 11.2. The zero-order valence-electron chi connectivity index (χ0n) is 11.2. The van der Waals surface area contributed by atoms with E-state index in [1.54, 1.807) is 0 Å². The molecule has 1 aromatic rings. The second-order valence-electron chi connectivity index (χ2n) is 5.43. The van der Waals surface area contributed by atoms with Gasteiger partial charge in [-0.1, -0.05) is 43.5 Å². The van der Waals surface area contributed by atoms with Gasteiger partial charge in [0.25, 0.3) is 0 Å². The first-order valence-electron chi connectivity index (χ1n) is 7.14. The van der Waals surface area contributed by atoms with E-state index in [0.29, 0.717) is 5.92 Å². The van der Waals surface area contributed by atoms with Gasteiger partial charge >= 0.3 is 0 Å². The first-order valence-corrected chi connectivity index (χ1v) is 7.14. The highest BCUT2D eigenvalue weighted by Crippen LogP contribution is 2.33. The van der Waals surface area contributed by atoms with Gasteiger partial charge < -0.3 is 15.0 Å². The van der Waals surface area contributed by atoms with Gasteiger partial charge in [-0.3, -0.25) is 0 Å². The van der Waals surface area contributed by atoms with Crippen LogP contribution in [-0.2, 0) is 4.79 Å². The minimum absolute atomic E-state index is 0.106. The molecule has 3 heteroatoms. The van der Waals surface area contributed by atoms with E-state index < -0.39 is 12.1 Å². The number of benzene rings is 1. The summed E-state index contributed by atoms with van der Waals surface area (Å²) < 4.78 is 0. The lowest BCUT2D eigenvalue weighted by molar-refractivity contribution is -0.306. The fourth-order valence-electron chi connectivity index (χ4n) is 2.85. The van der Waals surface area contributed by atoms with Crippen molar-refractivity contribution in [2.24, 2.45) is 0 Å². The molecule has 1 saturated carbocycles. The molecule has 0 aromatic heterocycles. The number of rotatable bonds is 5. The van der Waals surface area contributed by atoms with Crippen LogP contribution in [0.5, 0.6) is 0 Å². The van der Waals surface area contributed by atoms with Crippen LogP contribution in [0.1, 0.15) is 68.1 Å². The Morgan fingerprint density at radius 1 is 1.21 bits per heavy atom. The molecule has 1 N–H and O–H groups in total. The molecule has 0 aliphatic heterocycles. The molecule has 0 saturated heterocycles. The Bertz CT molecular complexity index is 405. The Hall–Kier alpha value is -1.35. The molecule has 1 unspecified atom stereocenters. The Morgan fingerprint density at radius 3 is 2.42 bits per heavy atom. The van der Waals surface area contributed by atoms with Crippen LogP contribution >= 0.6 is 0 Å². The van der Waals surface area contributed by atoms with Crippen LogP contribution in [0.4, 0.5) is 0 Å².